The third kappa shape index (κ3) is 5.86. The summed E-state index contributed by atoms with van der Waals surface area (Å²) >= 11 is 0. The summed E-state index contributed by atoms with van der Waals surface area (Å²) < 4.78 is 5.12. The largest absolute Gasteiger partial charge is 0.380 e. The summed E-state index contributed by atoms with van der Waals surface area (Å²) in [7, 11) is 1.69. The van der Waals surface area contributed by atoms with Crippen molar-refractivity contribution in [3.05, 3.63) is 35.4 Å². The predicted molar refractivity (Wildman–Crippen MR) is 83.8 cm³/mol. The van der Waals surface area contributed by atoms with Crippen LogP contribution in [0, 0.1) is 5.92 Å². The number of rotatable bonds is 7. The van der Waals surface area contributed by atoms with E-state index in [1.54, 1.807) is 7.11 Å². The minimum atomic E-state index is 0.151. The summed E-state index contributed by atoms with van der Waals surface area (Å²) in [5.74, 6) is 0.812. The maximum Gasteiger partial charge on any atom is 0.220 e. The van der Waals surface area contributed by atoms with Crippen molar-refractivity contribution in [1.29, 1.82) is 0 Å². The van der Waals surface area contributed by atoms with Crippen molar-refractivity contribution < 1.29 is 9.53 Å². The molecule has 1 aromatic carbocycles. The summed E-state index contributed by atoms with van der Waals surface area (Å²) in [5, 5.41) is 6.40. The van der Waals surface area contributed by atoms with Gasteiger partial charge in [-0.1, -0.05) is 24.3 Å². The number of hydrogen-bond acceptors (Lipinski definition) is 3. The Bertz CT molecular complexity index is 442. The van der Waals surface area contributed by atoms with Crippen LogP contribution in [0.3, 0.4) is 0 Å². The molecule has 1 fully saturated rings. The number of amides is 1. The van der Waals surface area contributed by atoms with Crippen LogP contribution in [-0.2, 0) is 22.7 Å². The molecular formula is C17H26N2O2. The number of hydrogen-bond donors (Lipinski definition) is 2. The number of piperidine rings is 1. The minimum absolute atomic E-state index is 0.151. The lowest BCUT2D eigenvalue weighted by atomic mass is 9.94. The first-order valence-corrected chi connectivity index (χ1v) is 7.82. The van der Waals surface area contributed by atoms with Gasteiger partial charge in [-0.2, -0.15) is 0 Å². The lowest BCUT2D eigenvalue weighted by molar-refractivity contribution is -0.121. The summed E-state index contributed by atoms with van der Waals surface area (Å²) in [5.41, 5.74) is 2.26. The van der Waals surface area contributed by atoms with Crippen molar-refractivity contribution in [2.45, 2.75) is 38.8 Å². The van der Waals surface area contributed by atoms with E-state index < -0.39 is 0 Å². The van der Waals surface area contributed by atoms with E-state index >= 15 is 0 Å². The van der Waals surface area contributed by atoms with E-state index in [0.29, 0.717) is 25.5 Å². The molecule has 1 aliphatic heterocycles. The summed E-state index contributed by atoms with van der Waals surface area (Å²) in [6.07, 6.45) is 4.10. The topological polar surface area (TPSA) is 50.4 Å². The predicted octanol–water partition coefficient (Wildman–Crippen LogP) is 2.23. The van der Waals surface area contributed by atoms with Gasteiger partial charge < -0.3 is 15.4 Å². The molecule has 21 heavy (non-hydrogen) atoms. The third-order valence-electron chi connectivity index (χ3n) is 3.97. The average molecular weight is 290 g/mol. The Kier molecular flexibility index (Phi) is 6.70. The van der Waals surface area contributed by atoms with Crippen LogP contribution < -0.4 is 10.6 Å². The van der Waals surface area contributed by atoms with Gasteiger partial charge in [0.15, 0.2) is 0 Å². The SMILES string of the molecule is COCc1cccc(CNC(=O)CCC2CCCNC2)c1. The molecule has 0 aromatic heterocycles. The highest BCUT2D eigenvalue weighted by atomic mass is 16.5. The first-order chi connectivity index (χ1) is 10.3. The second kappa shape index (κ2) is 8.80. The van der Waals surface area contributed by atoms with Gasteiger partial charge in [0.05, 0.1) is 6.61 Å². The van der Waals surface area contributed by atoms with Crippen LogP contribution >= 0.6 is 0 Å². The second-order valence-corrected chi connectivity index (χ2v) is 5.78. The lowest BCUT2D eigenvalue weighted by Crippen LogP contribution is -2.31. The van der Waals surface area contributed by atoms with Gasteiger partial charge in [0, 0.05) is 20.1 Å². The molecule has 0 bridgehead atoms. The Labute approximate surface area is 127 Å². The molecule has 0 aliphatic carbocycles. The Morgan fingerprint density at radius 1 is 1.43 bits per heavy atom. The standard InChI is InChI=1S/C17H26N2O2/c1-21-13-16-5-2-4-15(10-16)12-19-17(20)8-7-14-6-3-9-18-11-14/h2,4-5,10,14,18H,3,6-9,11-13H2,1H3,(H,19,20). The van der Waals surface area contributed by atoms with Crippen LogP contribution in [-0.4, -0.2) is 26.1 Å². The van der Waals surface area contributed by atoms with Crippen molar-refractivity contribution in [2.24, 2.45) is 5.92 Å². The molecule has 1 aromatic rings. The highest BCUT2D eigenvalue weighted by Gasteiger charge is 2.14. The van der Waals surface area contributed by atoms with E-state index in [0.717, 1.165) is 30.6 Å². The number of methoxy groups -OCH3 is 1. The van der Waals surface area contributed by atoms with Gasteiger partial charge in [-0.15, -0.1) is 0 Å². The van der Waals surface area contributed by atoms with Crippen LogP contribution in [0.15, 0.2) is 24.3 Å². The van der Waals surface area contributed by atoms with Crippen LogP contribution in [0.2, 0.25) is 0 Å². The Morgan fingerprint density at radius 3 is 3.05 bits per heavy atom. The second-order valence-electron chi connectivity index (χ2n) is 5.78. The van der Waals surface area contributed by atoms with Gasteiger partial charge in [-0.05, 0) is 49.4 Å². The summed E-state index contributed by atoms with van der Waals surface area (Å²) in [6, 6.07) is 8.15. The zero-order valence-electron chi connectivity index (χ0n) is 12.9. The molecule has 2 N–H and O–H groups in total. The van der Waals surface area contributed by atoms with E-state index in [-0.39, 0.29) is 5.91 Å². The van der Waals surface area contributed by atoms with Crippen LogP contribution in [0.4, 0.5) is 0 Å². The van der Waals surface area contributed by atoms with E-state index in [9.17, 15) is 4.79 Å². The van der Waals surface area contributed by atoms with E-state index in [2.05, 4.69) is 16.7 Å². The zero-order valence-corrected chi connectivity index (χ0v) is 12.9. The maximum atomic E-state index is 11.9. The normalized spacial score (nSPS) is 18.4. The molecule has 4 nitrogen and oxygen atoms in total. The molecule has 1 atom stereocenters. The molecule has 1 aliphatic rings. The summed E-state index contributed by atoms with van der Waals surface area (Å²) in [4.78, 5) is 11.9. The minimum Gasteiger partial charge on any atom is -0.380 e. The van der Waals surface area contributed by atoms with Gasteiger partial charge in [-0.25, -0.2) is 0 Å². The number of benzene rings is 1. The fraction of sp³-hybridized carbons (Fsp3) is 0.588. The first kappa shape index (κ1) is 16.0. The highest BCUT2D eigenvalue weighted by molar-refractivity contribution is 5.75. The molecule has 0 spiro atoms. The molecule has 1 saturated heterocycles. The van der Waals surface area contributed by atoms with Gasteiger partial charge >= 0.3 is 0 Å². The van der Waals surface area contributed by atoms with Gasteiger partial charge in [0.2, 0.25) is 5.91 Å². The molecule has 116 valence electrons. The molecule has 0 radical (unpaired) electrons. The Morgan fingerprint density at radius 2 is 2.29 bits per heavy atom. The molecular weight excluding hydrogens is 264 g/mol. The van der Waals surface area contributed by atoms with Crippen molar-refractivity contribution in [3.8, 4) is 0 Å². The number of ether oxygens (including phenoxy) is 1. The third-order valence-corrected chi connectivity index (χ3v) is 3.97. The Balaban J connectivity index is 1.69. The van der Waals surface area contributed by atoms with Crippen LogP contribution in [0.25, 0.3) is 0 Å². The lowest BCUT2D eigenvalue weighted by Gasteiger charge is -2.22. The molecule has 1 heterocycles. The van der Waals surface area contributed by atoms with Crippen molar-refractivity contribution in [2.75, 3.05) is 20.2 Å². The maximum absolute atomic E-state index is 11.9. The van der Waals surface area contributed by atoms with Crippen molar-refractivity contribution in [1.82, 2.24) is 10.6 Å². The number of carbonyl (C=O) groups excluding carboxylic acids is 1. The van der Waals surface area contributed by atoms with E-state index in [1.807, 2.05) is 18.2 Å². The molecule has 2 rings (SSSR count). The first-order valence-electron chi connectivity index (χ1n) is 7.82. The number of carbonyl (C=O) groups is 1. The van der Waals surface area contributed by atoms with Gasteiger partial charge in [0.1, 0.15) is 0 Å². The molecule has 1 amide bonds. The Hall–Kier alpha value is -1.39. The summed E-state index contributed by atoms with van der Waals surface area (Å²) in [6.45, 7) is 3.39. The molecule has 1 unspecified atom stereocenters. The van der Waals surface area contributed by atoms with Crippen molar-refractivity contribution >= 4 is 5.91 Å². The van der Waals surface area contributed by atoms with Gasteiger partial charge in [-0.3, -0.25) is 4.79 Å². The molecule has 0 saturated carbocycles. The monoisotopic (exact) mass is 290 g/mol. The van der Waals surface area contributed by atoms with Gasteiger partial charge in [0.25, 0.3) is 0 Å². The average Bonchev–Trinajstić information content (AvgIpc) is 2.53. The fourth-order valence-corrected chi connectivity index (χ4v) is 2.79. The van der Waals surface area contributed by atoms with E-state index in [1.165, 1.54) is 12.8 Å². The van der Waals surface area contributed by atoms with Crippen LogP contribution in [0.1, 0.15) is 36.8 Å². The zero-order chi connectivity index (χ0) is 14.9. The van der Waals surface area contributed by atoms with Crippen LogP contribution in [0.5, 0.6) is 0 Å². The number of nitrogens with one attached hydrogen (secondary N) is 2. The smallest absolute Gasteiger partial charge is 0.220 e. The van der Waals surface area contributed by atoms with Crippen molar-refractivity contribution in [3.63, 3.8) is 0 Å². The fourth-order valence-electron chi connectivity index (χ4n) is 2.79. The van der Waals surface area contributed by atoms with E-state index in [4.69, 9.17) is 4.74 Å². The highest BCUT2D eigenvalue weighted by Crippen LogP contribution is 2.15. The molecule has 4 heteroatoms. The quantitative estimate of drug-likeness (QED) is 0.809.